The molecule has 0 unspecified atom stereocenters. The fraction of sp³-hybridized carbons (Fsp3) is 0.286. The second-order valence-electron chi connectivity index (χ2n) is 7.29. The van der Waals surface area contributed by atoms with Crippen LogP contribution in [0, 0.1) is 0 Å². The molecular formula is C21H20N4O3. The number of imidazole rings is 1. The molecule has 1 fully saturated rings. The minimum absolute atomic E-state index is 0.275. The van der Waals surface area contributed by atoms with Crippen molar-refractivity contribution in [3.63, 3.8) is 0 Å². The van der Waals surface area contributed by atoms with Crippen molar-refractivity contribution in [3.05, 3.63) is 64.7 Å². The SMILES string of the molecule is O=C(Nc1ccc2[nH]c(=O)oc2c1)c1nc(C2CCCCC2)n2ccccc12. The Bertz CT molecular complexity index is 1230. The van der Waals surface area contributed by atoms with E-state index in [1.807, 2.05) is 28.8 Å². The summed E-state index contributed by atoms with van der Waals surface area (Å²) in [4.78, 5) is 31.6. The summed E-state index contributed by atoms with van der Waals surface area (Å²) in [6, 6.07) is 10.9. The summed E-state index contributed by atoms with van der Waals surface area (Å²) in [5.41, 5.74) is 2.76. The third-order valence-electron chi connectivity index (χ3n) is 5.44. The summed E-state index contributed by atoms with van der Waals surface area (Å²) >= 11 is 0. The second kappa shape index (κ2) is 6.67. The number of H-pyrrole nitrogens is 1. The van der Waals surface area contributed by atoms with Gasteiger partial charge in [-0.3, -0.25) is 9.78 Å². The first-order valence-electron chi connectivity index (χ1n) is 9.60. The lowest BCUT2D eigenvalue weighted by Crippen LogP contribution is -2.13. The van der Waals surface area contributed by atoms with Gasteiger partial charge >= 0.3 is 5.76 Å². The van der Waals surface area contributed by atoms with Crippen LogP contribution in [0.15, 0.2) is 51.8 Å². The summed E-state index contributed by atoms with van der Waals surface area (Å²) in [6.45, 7) is 0. The molecule has 0 saturated heterocycles. The number of carbonyl (C=O) groups excluding carboxylic acids is 1. The molecule has 0 aliphatic heterocycles. The Kier molecular flexibility index (Phi) is 4.00. The first-order chi connectivity index (χ1) is 13.7. The molecule has 7 nitrogen and oxygen atoms in total. The van der Waals surface area contributed by atoms with E-state index in [4.69, 9.17) is 9.40 Å². The molecular weight excluding hydrogens is 356 g/mol. The average Bonchev–Trinajstić information content (AvgIpc) is 3.28. The molecule has 3 heterocycles. The van der Waals surface area contributed by atoms with Crippen LogP contribution < -0.4 is 11.1 Å². The number of aromatic nitrogens is 3. The van der Waals surface area contributed by atoms with Crippen LogP contribution in [-0.2, 0) is 0 Å². The zero-order chi connectivity index (χ0) is 19.1. The van der Waals surface area contributed by atoms with E-state index in [9.17, 15) is 9.59 Å². The summed E-state index contributed by atoms with van der Waals surface area (Å²) < 4.78 is 7.11. The summed E-state index contributed by atoms with van der Waals surface area (Å²) in [7, 11) is 0. The molecule has 142 valence electrons. The van der Waals surface area contributed by atoms with E-state index in [-0.39, 0.29) is 5.91 Å². The van der Waals surface area contributed by atoms with Crippen LogP contribution in [0.5, 0.6) is 0 Å². The van der Waals surface area contributed by atoms with Gasteiger partial charge in [-0.05, 0) is 37.1 Å². The van der Waals surface area contributed by atoms with E-state index in [1.54, 1.807) is 18.2 Å². The van der Waals surface area contributed by atoms with Crippen molar-refractivity contribution >= 4 is 28.2 Å². The second-order valence-corrected chi connectivity index (χ2v) is 7.29. The van der Waals surface area contributed by atoms with Gasteiger partial charge in [-0.1, -0.05) is 25.3 Å². The minimum atomic E-state index is -0.518. The zero-order valence-corrected chi connectivity index (χ0v) is 15.3. The molecule has 0 radical (unpaired) electrons. The molecule has 1 aromatic carbocycles. The molecule has 1 aliphatic carbocycles. The van der Waals surface area contributed by atoms with Crippen molar-refractivity contribution in [2.24, 2.45) is 0 Å². The zero-order valence-electron chi connectivity index (χ0n) is 15.3. The Morgan fingerprint density at radius 1 is 1.18 bits per heavy atom. The Labute approximate surface area is 160 Å². The molecule has 0 atom stereocenters. The maximum Gasteiger partial charge on any atom is 0.417 e. The molecule has 5 rings (SSSR count). The summed E-state index contributed by atoms with van der Waals surface area (Å²) in [6.07, 6.45) is 7.87. The van der Waals surface area contributed by atoms with Crippen LogP contribution >= 0.6 is 0 Å². The number of pyridine rings is 1. The number of oxazole rings is 1. The Morgan fingerprint density at radius 3 is 2.89 bits per heavy atom. The minimum Gasteiger partial charge on any atom is -0.408 e. The van der Waals surface area contributed by atoms with E-state index in [2.05, 4.69) is 10.3 Å². The maximum absolute atomic E-state index is 13.0. The number of hydrogen-bond donors (Lipinski definition) is 2. The molecule has 7 heteroatoms. The molecule has 4 aromatic rings. The van der Waals surface area contributed by atoms with Gasteiger partial charge in [0, 0.05) is 23.9 Å². The molecule has 28 heavy (non-hydrogen) atoms. The van der Waals surface area contributed by atoms with Crippen LogP contribution in [0.1, 0.15) is 54.3 Å². The van der Waals surface area contributed by atoms with Crippen molar-refractivity contribution < 1.29 is 9.21 Å². The van der Waals surface area contributed by atoms with Gasteiger partial charge < -0.3 is 14.1 Å². The van der Waals surface area contributed by atoms with E-state index >= 15 is 0 Å². The van der Waals surface area contributed by atoms with E-state index < -0.39 is 5.76 Å². The lowest BCUT2D eigenvalue weighted by Gasteiger charge is -2.20. The van der Waals surface area contributed by atoms with Crippen LogP contribution in [0.25, 0.3) is 16.6 Å². The molecule has 0 spiro atoms. The highest BCUT2D eigenvalue weighted by atomic mass is 16.4. The van der Waals surface area contributed by atoms with Gasteiger partial charge in [0.05, 0.1) is 11.0 Å². The van der Waals surface area contributed by atoms with Gasteiger partial charge in [0.2, 0.25) is 0 Å². The number of benzene rings is 1. The van der Waals surface area contributed by atoms with Crippen LogP contribution in [0.3, 0.4) is 0 Å². The fourth-order valence-corrected chi connectivity index (χ4v) is 4.09. The number of aromatic amines is 1. The molecule has 0 bridgehead atoms. The predicted molar refractivity (Wildman–Crippen MR) is 106 cm³/mol. The van der Waals surface area contributed by atoms with Gasteiger partial charge in [-0.15, -0.1) is 0 Å². The fourth-order valence-electron chi connectivity index (χ4n) is 4.09. The van der Waals surface area contributed by atoms with Crippen molar-refractivity contribution in [3.8, 4) is 0 Å². The first-order valence-corrected chi connectivity index (χ1v) is 9.60. The summed E-state index contributed by atoms with van der Waals surface area (Å²) in [5.74, 6) is 0.557. The maximum atomic E-state index is 13.0. The lowest BCUT2D eigenvalue weighted by molar-refractivity contribution is 0.102. The van der Waals surface area contributed by atoms with Crippen LogP contribution in [0.4, 0.5) is 5.69 Å². The molecule has 1 amide bonds. The van der Waals surface area contributed by atoms with Crippen molar-refractivity contribution in [2.45, 2.75) is 38.0 Å². The number of nitrogens with zero attached hydrogens (tertiary/aromatic N) is 2. The van der Waals surface area contributed by atoms with E-state index in [1.165, 1.54) is 19.3 Å². The van der Waals surface area contributed by atoms with Gasteiger partial charge in [-0.2, -0.15) is 0 Å². The predicted octanol–water partition coefficient (Wildman–Crippen LogP) is 4.07. The Hall–Kier alpha value is -3.35. The normalized spacial score (nSPS) is 15.3. The number of nitrogens with one attached hydrogen (secondary N) is 2. The van der Waals surface area contributed by atoms with E-state index in [0.717, 1.165) is 24.2 Å². The molecule has 2 N–H and O–H groups in total. The van der Waals surface area contributed by atoms with Crippen LogP contribution in [-0.4, -0.2) is 20.3 Å². The molecule has 1 saturated carbocycles. The summed E-state index contributed by atoms with van der Waals surface area (Å²) in [5, 5.41) is 2.88. The molecule has 3 aromatic heterocycles. The van der Waals surface area contributed by atoms with Gasteiger partial charge in [0.25, 0.3) is 5.91 Å². The highest BCUT2D eigenvalue weighted by molar-refractivity contribution is 6.08. The number of carbonyl (C=O) groups is 1. The molecule has 1 aliphatic rings. The third-order valence-corrected chi connectivity index (χ3v) is 5.44. The average molecular weight is 376 g/mol. The van der Waals surface area contributed by atoms with Gasteiger partial charge in [0.15, 0.2) is 11.3 Å². The van der Waals surface area contributed by atoms with Gasteiger partial charge in [-0.25, -0.2) is 9.78 Å². The van der Waals surface area contributed by atoms with Gasteiger partial charge in [0.1, 0.15) is 5.82 Å². The first kappa shape index (κ1) is 16.8. The lowest BCUT2D eigenvalue weighted by atomic mass is 9.89. The number of rotatable bonds is 3. The van der Waals surface area contributed by atoms with Crippen molar-refractivity contribution in [2.75, 3.05) is 5.32 Å². The largest absolute Gasteiger partial charge is 0.417 e. The third kappa shape index (κ3) is 2.89. The standard InChI is InChI=1S/C21H20N4O3/c26-20(22-14-9-10-15-17(12-14)28-21(27)23-15)18-16-8-4-5-11-25(16)19(24-18)13-6-2-1-3-7-13/h4-5,8-13H,1-3,6-7H2,(H,22,26)(H,23,27). The van der Waals surface area contributed by atoms with E-state index in [0.29, 0.717) is 28.4 Å². The van der Waals surface area contributed by atoms with Crippen LogP contribution in [0.2, 0.25) is 0 Å². The Morgan fingerprint density at radius 2 is 2.04 bits per heavy atom. The monoisotopic (exact) mass is 376 g/mol. The van der Waals surface area contributed by atoms with Crippen molar-refractivity contribution in [1.82, 2.24) is 14.4 Å². The number of anilines is 1. The smallest absolute Gasteiger partial charge is 0.408 e. The van der Waals surface area contributed by atoms with Crippen molar-refractivity contribution in [1.29, 1.82) is 0 Å². The number of fused-ring (bicyclic) bond motifs is 2. The quantitative estimate of drug-likeness (QED) is 0.564. The number of amides is 1. The topological polar surface area (TPSA) is 92.4 Å². The number of hydrogen-bond acceptors (Lipinski definition) is 4. The highest BCUT2D eigenvalue weighted by Gasteiger charge is 2.24. The Balaban J connectivity index is 1.50. The highest BCUT2D eigenvalue weighted by Crippen LogP contribution is 2.33.